The van der Waals surface area contributed by atoms with Crippen LogP contribution in [0, 0.1) is 6.92 Å². The summed E-state index contributed by atoms with van der Waals surface area (Å²) in [7, 11) is 1.88. The number of carbonyl (C=O) groups is 1. The van der Waals surface area contributed by atoms with Crippen molar-refractivity contribution in [2.24, 2.45) is 0 Å². The van der Waals surface area contributed by atoms with Gasteiger partial charge in [-0.15, -0.1) is 11.3 Å². The molecule has 0 aliphatic heterocycles. The Kier molecular flexibility index (Phi) is 9.64. The SMILES string of the molecule is C=C/C(SF)=C(/C)N(C)/C(=C\C(=C)c1ccccc1C)NCc1ccc(NC(=O)c2cc3ccccc3s2)cc1. The molecule has 0 bridgehead atoms. The molecule has 4 nitrogen and oxygen atoms in total. The summed E-state index contributed by atoms with van der Waals surface area (Å²) in [5, 5.41) is 7.53. The maximum absolute atomic E-state index is 13.5. The third-order valence-electron chi connectivity index (χ3n) is 6.63. The van der Waals surface area contributed by atoms with Gasteiger partial charge in [0.2, 0.25) is 0 Å². The van der Waals surface area contributed by atoms with Gasteiger partial charge in [0.1, 0.15) is 5.82 Å². The number of nitrogens with zero attached hydrogens (tertiary/aromatic N) is 1. The molecule has 0 spiro atoms. The molecule has 1 amide bonds. The summed E-state index contributed by atoms with van der Waals surface area (Å²) in [5.74, 6) is 0.640. The van der Waals surface area contributed by atoms with Crippen LogP contribution in [0.3, 0.4) is 0 Å². The second kappa shape index (κ2) is 13.3. The van der Waals surface area contributed by atoms with Crippen LogP contribution >= 0.6 is 23.5 Å². The fraction of sp³-hybridized carbons (Fsp3) is 0.121. The lowest BCUT2D eigenvalue weighted by atomic mass is 10.0. The van der Waals surface area contributed by atoms with Crippen molar-refractivity contribution in [2.75, 3.05) is 12.4 Å². The van der Waals surface area contributed by atoms with Gasteiger partial charge in [-0.3, -0.25) is 4.79 Å². The largest absolute Gasteiger partial charge is 0.367 e. The molecule has 40 heavy (non-hydrogen) atoms. The van der Waals surface area contributed by atoms with E-state index in [2.05, 4.69) is 23.8 Å². The van der Waals surface area contributed by atoms with E-state index in [1.807, 2.05) is 111 Å². The summed E-state index contributed by atoms with van der Waals surface area (Å²) in [5.41, 5.74) is 5.47. The topological polar surface area (TPSA) is 44.4 Å². The Bertz CT molecular complexity index is 1570. The quantitative estimate of drug-likeness (QED) is 0.177. The third kappa shape index (κ3) is 6.92. The Morgan fingerprint density at radius 3 is 2.45 bits per heavy atom. The van der Waals surface area contributed by atoms with Gasteiger partial charge in [-0.05, 0) is 71.8 Å². The van der Waals surface area contributed by atoms with Crippen LogP contribution in [0.15, 0.2) is 121 Å². The number of amides is 1. The van der Waals surface area contributed by atoms with Gasteiger partial charge in [0.05, 0.1) is 21.9 Å². The summed E-state index contributed by atoms with van der Waals surface area (Å²) in [4.78, 5) is 15.8. The Morgan fingerprint density at radius 1 is 1.07 bits per heavy atom. The Hall–Kier alpha value is -4.07. The number of nitrogens with one attached hydrogen (secondary N) is 2. The number of allylic oxidation sites excluding steroid dienone is 4. The molecule has 0 atom stereocenters. The van der Waals surface area contributed by atoms with Gasteiger partial charge >= 0.3 is 0 Å². The molecule has 4 rings (SSSR count). The zero-order valence-corrected chi connectivity index (χ0v) is 24.5. The van der Waals surface area contributed by atoms with Crippen LogP contribution in [0.5, 0.6) is 0 Å². The number of halogens is 1. The molecule has 204 valence electrons. The molecule has 0 fully saturated rings. The number of carbonyl (C=O) groups excluding carboxylic acids is 1. The molecule has 0 aliphatic carbocycles. The number of thiophene rings is 1. The van der Waals surface area contributed by atoms with Crippen molar-refractivity contribution in [3.63, 3.8) is 0 Å². The predicted octanol–water partition coefficient (Wildman–Crippen LogP) is 9.07. The molecule has 4 aromatic rings. The lowest BCUT2D eigenvalue weighted by Gasteiger charge is -2.26. The van der Waals surface area contributed by atoms with Crippen LogP contribution in [0.2, 0.25) is 0 Å². The van der Waals surface area contributed by atoms with Crippen molar-refractivity contribution in [2.45, 2.75) is 20.4 Å². The summed E-state index contributed by atoms with van der Waals surface area (Å²) in [6.07, 6.45) is 3.48. The van der Waals surface area contributed by atoms with Gasteiger partial charge in [-0.25, -0.2) is 0 Å². The monoisotopic (exact) mass is 569 g/mol. The van der Waals surface area contributed by atoms with E-state index >= 15 is 0 Å². The minimum Gasteiger partial charge on any atom is -0.367 e. The molecule has 0 radical (unpaired) electrons. The highest BCUT2D eigenvalue weighted by Gasteiger charge is 2.13. The molecule has 7 heteroatoms. The number of rotatable bonds is 11. The fourth-order valence-corrected chi connectivity index (χ4v) is 5.48. The minimum absolute atomic E-state index is 0.125. The second-order valence-corrected chi connectivity index (χ2v) is 11.0. The van der Waals surface area contributed by atoms with Crippen molar-refractivity contribution in [3.05, 3.63) is 142 Å². The van der Waals surface area contributed by atoms with Crippen molar-refractivity contribution in [1.29, 1.82) is 0 Å². The smallest absolute Gasteiger partial charge is 0.265 e. The highest BCUT2D eigenvalue weighted by atomic mass is 32.2. The number of hydrogen-bond donors (Lipinski definition) is 2. The van der Waals surface area contributed by atoms with E-state index < -0.39 is 0 Å². The minimum atomic E-state index is -0.125. The second-order valence-electron chi connectivity index (χ2n) is 9.31. The lowest BCUT2D eigenvalue weighted by molar-refractivity contribution is 0.103. The van der Waals surface area contributed by atoms with Gasteiger partial charge < -0.3 is 15.5 Å². The number of aryl methyl sites for hydroxylation is 1. The first-order chi connectivity index (χ1) is 19.3. The summed E-state index contributed by atoms with van der Waals surface area (Å²) in [6.45, 7) is 12.4. The van der Waals surface area contributed by atoms with Crippen LogP contribution in [-0.2, 0) is 6.54 Å². The van der Waals surface area contributed by atoms with Gasteiger partial charge in [0, 0.05) is 29.7 Å². The van der Waals surface area contributed by atoms with Crippen LogP contribution in [-0.4, -0.2) is 17.9 Å². The fourth-order valence-electron chi connectivity index (χ4n) is 4.21. The van der Waals surface area contributed by atoms with Gasteiger partial charge in [-0.2, -0.15) is 3.89 Å². The van der Waals surface area contributed by atoms with E-state index in [0.29, 0.717) is 16.3 Å². The van der Waals surface area contributed by atoms with Crippen LogP contribution < -0.4 is 10.6 Å². The molecule has 1 heterocycles. The van der Waals surface area contributed by atoms with Crippen molar-refractivity contribution in [3.8, 4) is 0 Å². The summed E-state index contributed by atoms with van der Waals surface area (Å²) >= 11 is 1.65. The Morgan fingerprint density at radius 2 is 1.77 bits per heavy atom. The van der Waals surface area contributed by atoms with E-state index in [1.165, 1.54) is 17.4 Å². The van der Waals surface area contributed by atoms with E-state index in [-0.39, 0.29) is 18.1 Å². The zero-order chi connectivity index (χ0) is 28.6. The standard InChI is InChI=1S/C33H32FN3OS2/c1-6-29(40-34)24(4)37(5)32(19-23(3)28-13-9-7-11-22(28)2)35-21-25-15-17-27(18-16-25)36-33(38)31-20-26-12-8-10-14-30(26)39-31/h6-20,35H,1,3,21H2,2,4-5H3,(H,36,38)/b29-24+,32-19-. The molecular formula is C33H32FN3OS2. The van der Waals surface area contributed by atoms with E-state index in [0.717, 1.165) is 49.6 Å². The maximum atomic E-state index is 13.5. The van der Waals surface area contributed by atoms with E-state index in [4.69, 9.17) is 0 Å². The summed E-state index contributed by atoms with van der Waals surface area (Å²) in [6, 6.07) is 25.7. The highest BCUT2D eigenvalue weighted by Crippen LogP contribution is 2.28. The van der Waals surface area contributed by atoms with E-state index in [1.54, 1.807) is 0 Å². The van der Waals surface area contributed by atoms with Crippen LogP contribution in [0.4, 0.5) is 9.57 Å². The van der Waals surface area contributed by atoms with Crippen molar-refractivity contribution in [1.82, 2.24) is 10.2 Å². The van der Waals surface area contributed by atoms with Crippen LogP contribution in [0.25, 0.3) is 15.7 Å². The molecular weight excluding hydrogens is 538 g/mol. The molecule has 0 saturated heterocycles. The normalized spacial score (nSPS) is 12.1. The molecule has 0 aliphatic rings. The average Bonchev–Trinajstić information content (AvgIpc) is 3.41. The maximum Gasteiger partial charge on any atom is 0.265 e. The molecule has 1 aromatic heterocycles. The summed E-state index contributed by atoms with van der Waals surface area (Å²) < 4.78 is 14.6. The number of benzene rings is 3. The van der Waals surface area contributed by atoms with Gasteiger partial charge in [-0.1, -0.05) is 73.8 Å². The number of fused-ring (bicyclic) bond motifs is 1. The van der Waals surface area contributed by atoms with Crippen molar-refractivity contribution < 1.29 is 8.68 Å². The van der Waals surface area contributed by atoms with Gasteiger partial charge in [0.15, 0.2) is 0 Å². The number of hydrogen-bond acceptors (Lipinski definition) is 5. The molecule has 2 N–H and O–H groups in total. The predicted molar refractivity (Wildman–Crippen MR) is 171 cm³/mol. The molecule has 3 aromatic carbocycles. The molecule has 0 saturated carbocycles. The Labute approximate surface area is 243 Å². The van der Waals surface area contributed by atoms with Crippen molar-refractivity contribution >= 4 is 50.7 Å². The highest BCUT2D eigenvalue weighted by molar-refractivity contribution is 7.98. The average molecular weight is 570 g/mol. The van der Waals surface area contributed by atoms with Crippen LogP contribution in [0.1, 0.15) is 33.3 Å². The first kappa shape index (κ1) is 28.9. The Balaban J connectivity index is 1.49. The number of anilines is 1. The molecule has 0 unspecified atom stereocenters. The third-order valence-corrected chi connectivity index (χ3v) is 8.37. The van der Waals surface area contributed by atoms with E-state index in [9.17, 15) is 8.68 Å². The first-order valence-corrected chi connectivity index (χ1v) is 14.3. The lowest BCUT2D eigenvalue weighted by Crippen LogP contribution is -2.28. The zero-order valence-electron chi connectivity index (χ0n) is 22.8. The van der Waals surface area contributed by atoms with Gasteiger partial charge in [0.25, 0.3) is 5.91 Å². The first-order valence-electron chi connectivity index (χ1n) is 12.8.